The summed E-state index contributed by atoms with van der Waals surface area (Å²) in [7, 11) is 0. The number of primary amides is 1. The van der Waals surface area contributed by atoms with Crippen molar-refractivity contribution in [3.05, 3.63) is 35.9 Å². The molecule has 0 heterocycles. The predicted octanol–water partition coefficient (Wildman–Crippen LogP) is -0.0635. The Morgan fingerprint density at radius 1 is 1.28 bits per heavy atom. The van der Waals surface area contributed by atoms with Crippen LogP contribution in [-0.2, 0) is 16.0 Å². The largest absolute Gasteiger partial charge is 0.370 e. The minimum absolute atomic E-state index is 0.0428. The molecule has 0 saturated carbocycles. The van der Waals surface area contributed by atoms with E-state index in [4.69, 9.17) is 11.5 Å². The molecule has 5 N–H and O–H groups in total. The molecule has 1 aromatic carbocycles. The Bertz CT molecular complexity index is 406. The van der Waals surface area contributed by atoms with Crippen molar-refractivity contribution in [3.63, 3.8) is 0 Å². The number of nitrogens with two attached hydrogens (primary N) is 2. The molecule has 0 aliphatic carbocycles. The van der Waals surface area contributed by atoms with Crippen LogP contribution in [0.25, 0.3) is 0 Å². The number of carbonyl (C=O) groups is 2. The van der Waals surface area contributed by atoms with E-state index in [0.717, 1.165) is 12.0 Å². The molecule has 2 unspecified atom stereocenters. The molecule has 2 amide bonds. The molecule has 1 rings (SSSR count). The Hall–Kier alpha value is -1.88. The van der Waals surface area contributed by atoms with Gasteiger partial charge in [-0.1, -0.05) is 30.3 Å². The molecule has 18 heavy (non-hydrogen) atoms. The predicted molar refractivity (Wildman–Crippen MR) is 69.5 cm³/mol. The third-order valence-electron chi connectivity index (χ3n) is 2.53. The number of carbonyl (C=O) groups excluding carboxylic acids is 2. The fraction of sp³-hybridized carbons (Fsp3) is 0.385. The van der Waals surface area contributed by atoms with E-state index in [1.165, 1.54) is 0 Å². The highest BCUT2D eigenvalue weighted by Gasteiger charge is 2.17. The van der Waals surface area contributed by atoms with Crippen molar-refractivity contribution in [1.82, 2.24) is 5.32 Å². The van der Waals surface area contributed by atoms with Gasteiger partial charge in [0.1, 0.15) is 0 Å². The van der Waals surface area contributed by atoms with E-state index in [1.807, 2.05) is 37.3 Å². The zero-order valence-corrected chi connectivity index (χ0v) is 10.4. The van der Waals surface area contributed by atoms with Crippen LogP contribution in [-0.4, -0.2) is 23.9 Å². The van der Waals surface area contributed by atoms with Crippen molar-refractivity contribution >= 4 is 11.8 Å². The van der Waals surface area contributed by atoms with Gasteiger partial charge in [-0.3, -0.25) is 9.59 Å². The summed E-state index contributed by atoms with van der Waals surface area (Å²) in [6.07, 6.45) is 0.583. The molecule has 0 fully saturated rings. The van der Waals surface area contributed by atoms with E-state index < -0.39 is 11.9 Å². The second kappa shape index (κ2) is 6.76. The average Bonchev–Trinajstić information content (AvgIpc) is 2.29. The van der Waals surface area contributed by atoms with E-state index >= 15 is 0 Å². The molecule has 5 nitrogen and oxygen atoms in total. The monoisotopic (exact) mass is 249 g/mol. The maximum atomic E-state index is 11.6. The lowest BCUT2D eigenvalue weighted by Crippen LogP contribution is -2.46. The fourth-order valence-electron chi connectivity index (χ4n) is 1.68. The van der Waals surface area contributed by atoms with Crippen molar-refractivity contribution in [1.29, 1.82) is 0 Å². The molecule has 0 aliphatic rings. The maximum Gasteiger partial charge on any atom is 0.237 e. The number of nitrogens with one attached hydrogen (secondary N) is 1. The molecule has 5 heteroatoms. The number of rotatable bonds is 6. The molecule has 0 saturated heterocycles. The van der Waals surface area contributed by atoms with Crippen molar-refractivity contribution < 1.29 is 9.59 Å². The fourth-order valence-corrected chi connectivity index (χ4v) is 1.68. The van der Waals surface area contributed by atoms with Crippen LogP contribution < -0.4 is 16.8 Å². The van der Waals surface area contributed by atoms with Crippen LogP contribution in [0.5, 0.6) is 0 Å². The summed E-state index contributed by atoms with van der Waals surface area (Å²) in [6, 6.07) is 8.90. The number of hydrogen-bond acceptors (Lipinski definition) is 3. The summed E-state index contributed by atoms with van der Waals surface area (Å²) in [4.78, 5) is 22.3. The summed E-state index contributed by atoms with van der Waals surface area (Å²) in [5, 5.41) is 2.76. The highest BCUT2D eigenvalue weighted by molar-refractivity contribution is 5.87. The van der Waals surface area contributed by atoms with E-state index in [9.17, 15) is 9.59 Å². The van der Waals surface area contributed by atoms with Gasteiger partial charge < -0.3 is 16.8 Å². The van der Waals surface area contributed by atoms with Crippen LogP contribution in [0.4, 0.5) is 0 Å². The lowest BCUT2D eigenvalue weighted by atomic mass is 10.1. The van der Waals surface area contributed by atoms with Crippen molar-refractivity contribution in [2.45, 2.75) is 31.8 Å². The van der Waals surface area contributed by atoms with Gasteiger partial charge in [-0.2, -0.15) is 0 Å². The summed E-state index contributed by atoms with van der Waals surface area (Å²) in [6.45, 7) is 1.89. The number of amides is 2. The van der Waals surface area contributed by atoms with Crippen LogP contribution >= 0.6 is 0 Å². The quantitative estimate of drug-likeness (QED) is 0.658. The molecule has 1 aromatic rings. The lowest BCUT2D eigenvalue weighted by Gasteiger charge is -2.16. The van der Waals surface area contributed by atoms with Gasteiger partial charge in [0.25, 0.3) is 0 Å². The number of hydrogen-bond donors (Lipinski definition) is 3. The summed E-state index contributed by atoms with van der Waals surface area (Å²) in [5.74, 6) is -0.925. The van der Waals surface area contributed by atoms with E-state index in [2.05, 4.69) is 5.32 Å². The SMILES string of the molecule is CC(Cc1ccccc1)NC(=O)C(N)CC(N)=O. The molecular formula is C13H19N3O2. The Morgan fingerprint density at radius 3 is 2.44 bits per heavy atom. The Balaban J connectivity index is 2.42. The van der Waals surface area contributed by atoms with E-state index in [1.54, 1.807) is 0 Å². The van der Waals surface area contributed by atoms with E-state index in [0.29, 0.717) is 0 Å². The minimum atomic E-state index is -0.874. The van der Waals surface area contributed by atoms with Gasteiger partial charge in [-0.05, 0) is 18.9 Å². The van der Waals surface area contributed by atoms with E-state index in [-0.39, 0.29) is 18.4 Å². The summed E-state index contributed by atoms with van der Waals surface area (Å²) >= 11 is 0. The van der Waals surface area contributed by atoms with Crippen LogP contribution in [0.3, 0.4) is 0 Å². The van der Waals surface area contributed by atoms with Crippen LogP contribution in [0.1, 0.15) is 18.9 Å². The molecule has 0 aliphatic heterocycles. The zero-order chi connectivity index (χ0) is 13.5. The van der Waals surface area contributed by atoms with Gasteiger partial charge >= 0.3 is 0 Å². The maximum absolute atomic E-state index is 11.6. The first-order valence-corrected chi connectivity index (χ1v) is 5.87. The summed E-state index contributed by atoms with van der Waals surface area (Å²) < 4.78 is 0. The molecule has 0 spiro atoms. The summed E-state index contributed by atoms with van der Waals surface area (Å²) in [5.41, 5.74) is 11.7. The van der Waals surface area contributed by atoms with Gasteiger partial charge in [0.05, 0.1) is 12.5 Å². The minimum Gasteiger partial charge on any atom is -0.370 e. The van der Waals surface area contributed by atoms with Crippen molar-refractivity contribution in [2.24, 2.45) is 11.5 Å². The Kier molecular flexibility index (Phi) is 5.32. The third-order valence-corrected chi connectivity index (χ3v) is 2.53. The topological polar surface area (TPSA) is 98.2 Å². The number of benzene rings is 1. The lowest BCUT2D eigenvalue weighted by molar-refractivity contribution is -0.126. The van der Waals surface area contributed by atoms with Gasteiger partial charge in [0, 0.05) is 6.04 Å². The average molecular weight is 249 g/mol. The molecule has 2 atom stereocenters. The van der Waals surface area contributed by atoms with Crippen molar-refractivity contribution in [3.8, 4) is 0 Å². The standard InChI is InChI=1S/C13H19N3O2/c1-9(7-10-5-3-2-4-6-10)16-13(18)11(14)8-12(15)17/h2-6,9,11H,7-8,14H2,1H3,(H2,15,17)(H,16,18). The van der Waals surface area contributed by atoms with Gasteiger partial charge in [-0.15, -0.1) is 0 Å². The van der Waals surface area contributed by atoms with Crippen LogP contribution in [0, 0.1) is 0 Å². The Labute approximate surface area is 107 Å². The van der Waals surface area contributed by atoms with Crippen LogP contribution in [0.15, 0.2) is 30.3 Å². The van der Waals surface area contributed by atoms with Crippen molar-refractivity contribution in [2.75, 3.05) is 0 Å². The highest BCUT2D eigenvalue weighted by atomic mass is 16.2. The first-order valence-electron chi connectivity index (χ1n) is 5.87. The molecule has 0 radical (unpaired) electrons. The molecular weight excluding hydrogens is 230 g/mol. The first-order chi connectivity index (χ1) is 8.49. The molecule has 0 aromatic heterocycles. The van der Waals surface area contributed by atoms with Gasteiger partial charge in [0.2, 0.25) is 11.8 Å². The normalized spacial score (nSPS) is 13.7. The zero-order valence-electron chi connectivity index (χ0n) is 10.4. The first kappa shape index (κ1) is 14.2. The third kappa shape index (κ3) is 4.97. The smallest absolute Gasteiger partial charge is 0.237 e. The van der Waals surface area contributed by atoms with Gasteiger partial charge in [-0.25, -0.2) is 0 Å². The molecule has 98 valence electrons. The van der Waals surface area contributed by atoms with Crippen LogP contribution in [0.2, 0.25) is 0 Å². The second-order valence-electron chi connectivity index (χ2n) is 4.38. The molecule has 0 bridgehead atoms. The Morgan fingerprint density at radius 2 is 1.89 bits per heavy atom. The van der Waals surface area contributed by atoms with Gasteiger partial charge in [0.15, 0.2) is 0 Å². The second-order valence-corrected chi connectivity index (χ2v) is 4.38. The highest BCUT2D eigenvalue weighted by Crippen LogP contribution is 2.03.